The number of rotatable bonds is 4. The number of hydrogen-bond donors (Lipinski definition) is 2. The topological polar surface area (TPSA) is 41.1 Å². The number of halogens is 1. The number of benzene rings is 1. The predicted molar refractivity (Wildman–Crippen MR) is 80.3 cm³/mol. The number of aryl methyl sites for hydroxylation is 1. The highest BCUT2D eigenvalue weighted by Gasteiger charge is 2.34. The van der Waals surface area contributed by atoms with Crippen LogP contribution in [0, 0.1) is 18.7 Å². The Morgan fingerprint density at radius 3 is 2.71 bits per heavy atom. The van der Waals surface area contributed by atoms with Crippen molar-refractivity contribution in [2.45, 2.75) is 57.7 Å². The molecule has 3 nitrogen and oxygen atoms in total. The minimum absolute atomic E-state index is 0.0854. The Labute approximate surface area is 125 Å². The molecule has 0 spiro atoms. The molecule has 4 heteroatoms. The molecule has 3 rings (SSSR count). The molecule has 2 atom stereocenters. The van der Waals surface area contributed by atoms with E-state index < -0.39 is 0 Å². The molecule has 0 radical (unpaired) electrons. The summed E-state index contributed by atoms with van der Waals surface area (Å²) in [5.74, 6) is 0.373. The maximum atomic E-state index is 13.4. The smallest absolute Gasteiger partial charge is 0.220 e. The fourth-order valence-corrected chi connectivity index (χ4v) is 3.62. The number of amides is 1. The molecule has 2 aliphatic heterocycles. The van der Waals surface area contributed by atoms with Gasteiger partial charge in [-0.1, -0.05) is 12.1 Å². The number of nitrogens with one attached hydrogen (secondary N) is 2. The van der Waals surface area contributed by atoms with E-state index in [1.807, 2.05) is 6.07 Å². The second-order valence-corrected chi connectivity index (χ2v) is 6.54. The summed E-state index contributed by atoms with van der Waals surface area (Å²) in [5.41, 5.74) is 1.45. The van der Waals surface area contributed by atoms with Crippen LogP contribution < -0.4 is 10.6 Å². The molecule has 2 heterocycles. The number of carbonyl (C=O) groups excluding carboxylic acids is 1. The van der Waals surface area contributed by atoms with E-state index in [0.29, 0.717) is 36.5 Å². The van der Waals surface area contributed by atoms with Gasteiger partial charge in [0, 0.05) is 25.0 Å². The van der Waals surface area contributed by atoms with Crippen LogP contribution in [0.15, 0.2) is 18.2 Å². The Hall–Kier alpha value is -1.42. The van der Waals surface area contributed by atoms with E-state index in [0.717, 1.165) is 18.4 Å². The van der Waals surface area contributed by atoms with Gasteiger partial charge in [-0.3, -0.25) is 4.79 Å². The lowest BCUT2D eigenvalue weighted by Crippen LogP contribution is -2.39. The summed E-state index contributed by atoms with van der Waals surface area (Å²) in [4.78, 5) is 12.0. The Kier molecular flexibility index (Phi) is 4.24. The Balaban J connectivity index is 1.47. The SMILES string of the molecule is Cc1ccc(CNC(=O)CC2CC3CCC(C2)N3)cc1F. The molecule has 0 saturated carbocycles. The van der Waals surface area contributed by atoms with Gasteiger partial charge in [-0.15, -0.1) is 0 Å². The second-order valence-electron chi connectivity index (χ2n) is 6.54. The molecule has 2 N–H and O–H groups in total. The molecule has 1 aromatic carbocycles. The maximum Gasteiger partial charge on any atom is 0.220 e. The third-order valence-electron chi connectivity index (χ3n) is 4.77. The fourth-order valence-electron chi connectivity index (χ4n) is 3.62. The van der Waals surface area contributed by atoms with E-state index in [2.05, 4.69) is 10.6 Å². The van der Waals surface area contributed by atoms with Gasteiger partial charge in [-0.05, 0) is 55.7 Å². The lowest BCUT2D eigenvalue weighted by Gasteiger charge is -2.28. The molecule has 2 aliphatic rings. The van der Waals surface area contributed by atoms with Crippen LogP contribution in [-0.4, -0.2) is 18.0 Å². The number of carbonyl (C=O) groups is 1. The lowest BCUT2D eigenvalue weighted by atomic mass is 9.89. The summed E-state index contributed by atoms with van der Waals surface area (Å²) in [6.45, 7) is 2.15. The molecule has 1 aromatic rings. The molecule has 0 aliphatic carbocycles. The zero-order valence-corrected chi connectivity index (χ0v) is 12.5. The van der Waals surface area contributed by atoms with Gasteiger partial charge in [-0.2, -0.15) is 0 Å². The van der Waals surface area contributed by atoms with Crippen molar-refractivity contribution in [3.05, 3.63) is 35.1 Å². The first-order chi connectivity index (χ1) is 10.1. The highest BCUT2D eigenvalue weighted by atomic mass is 19.1. The minimum atomic E-state index is -0.211. The molecule has 0 aromatic heterocycles. The van der Waals surface area contributed by atoms with Crippen molar-refractivity contribution in [1.29, 1.82) is 0 Å². The summed E-state index contributed by atoms with van der Waals surface area (Å²) >= 11 is 0. The zero-order valence-electron chi connectivity index (χ0n) is 12.5. The standard InChI is InChI=1S/C17H23FN2O/c1-11-2-3-12(8-16(11)18)10-19-17(21)9-13-6-14-4-5-15(7-13)20-14/h2-3,8,13-15,20H,4-7,9-10H2,1H3,(H,19,21). The van der Waals surface area contributed by atoms with Crippen LogP contribution in [0.2, 0.25) is 0 Å². The van der Waals surface area contributed by atoms with Crippen molar-refractivity contribution in [2.75, 3.05) is 0 Å². The molecular formula is C17H23FN2O. The molecule has 21 heavy (non-hydrogen) atoms. The van der Waals surface area contributed by atoms with Gasteiger partial charge in [0.25, 0.3) is 0 Å². The first kappa shape index (κ1) is 14.5. The third-order valence-corrected chi connectivity index (χ3v) is 4.77. The summed E-state index contributed by atoms with van der Waals surface area (Å²) in [7, 11) is 0. The zero-order chi connectivity index (χ0) is 14.8. The van der Waals surface area contributed by atoms with Gasteiger partial charge < -0.3 is 10.6 Å². The van der Waals surface area contributed by atoms with Crippen LogP contribution >= 0.6 is 0 Å². The maximum absolute atomic E-state index is 13.4. The van der Waals surface area contributed by atoms with Crippen molar-refractivity contribution in [3.63, 3.8) is 0 Å². The average molecular weight is 290 g/mol. The van der Waals surface area contributed by atoms with Gasteiger partial charge in [0.1, 0.15) is 5.82 Å². The van der Waals surface area contributed by atoms with Gasteiger partial charge in [-0.25, -0.2) is 4.39 Å². The van der Waals surface area contributed by atoms with E-state index >= 15 is 0 Å². The fraction of sp³-hybridized carbons (Fsp3) is 0.588. The highest BCUT2D eigenvalue weighted by molar-refractivity contribution is 5.76. The van der Waals surface area contributed by atoms with E-state index in [1.54, 1.807) is 13.0 Å². The van der Waals surface area contributed by atoms with E-state index in [-0.39, 0.29) is 11.7 Å². The quantitative estimate of drug-likeness (QED) is 0.895. The van der Waals surface area contributed by atoms with E-state index in [4.69, 9.17) is 0 Å². The van der Waals surface area contributed by atoms with E-state index in [9.17, 15) is 9.18 Å². The Morgan fingerprint density at radius 1 is 1.33 bits per heavy atom. The number of hydrogen-bond acceptors (Lipinski definition) is 2. The summed E-state index contributed by atoms with van der Waals surface area (Å²) < 4.78 is 13.4. The number of fused-ring (bicyclic) bond motifs is 2. The Bertz CT molecular complexity index is 520. The minimum Gasteiger partial charge on any atom is -0.352 e. The van der Waals surface area contributed by atoms with Gasteiger partial charge in [0.15, 0.2) is 0 Å². The van der Waals surface area contributed by atoms with Gasteiger partial charge >= 0.3 is 0 Å². The molecule has 114 valence electrons. The number of piperidine rings is 1. The second kappa shape index (κ2) is 6.14. The van der Waals surface area contributed by atoms with Crippen LogP contribution in [0.1, 0.15) is 43.2 Å². The van der Waals surface area contributed by atoms with Crippen molar-refractivity contribution in [1.82, 2.24) is 10.6 Å². The normalized spacial score (nSPS) is 27.6. The molecule has 1 amide bonds. The third kappa shape index (κ3) is 3.62. The molecule has 2 unspecified atom stereocenters. The van der Waals surface area contributed by atoms with Crippen molar-refractivity contribution < 1.29 is 9.18 Å². The lowest BCUT2D eigenvalue weighted by molar-refractivity contribution is -0.122. The van der Waals surface area contributed by atoms with Gasteiger partial charge in [0.2, 0.25) is 5.91 Å². The van der Waals surface area contributed by atoms with Crippen molar-refractivity contribution >= 4 is 5.91 Å². The first-order valence-electron chi connectivity index (χ1n) is 7.88. The van der Waals surface area contributed by atoms with Crippen LogP contribution in [-0.2, 0) is 11.3 Å². The van der Waals surface area contributed by atoms with E-state index in [1.165, 1.54) is 18.9 Å². The summed E-state index contributed by atoms with van der Waals surface area (Å²) in [6.07, 6.45) is 5.34. The van der Waals surface area contributed by atoms with Crippen molar-refractivity contribution in [2.24, 2.45) is 5.92 Å². The summed E-state index contributed by atoms with van der Waals surface area (Å²) in [5, 5.41) is 6.51. The molecule has 2 bridgehead atoms. The molecular weight excluding hydrogens is 267 g/mol. The first-order valence-corrected chi connectivity index (χ1v) is 7.88. The van der Waals surface area contributed by atoms with Crippen LogP contribution in [0.5, 0.6) is 0 Å². The predicted octanol–water partition coefficient (Wildman–Crippen LogP) is 2.67. The monoisotopic (exact) mass is 290 g/mol. The summed E-state index contributed by atoms with van der Waals surface area (Å²) in [6, 6.07) is 6.35. The largest absolute Gasteiger partial charge is 0.352 e. The molecule has 2 fully saturated rings. The highest BCUT2D eigenvalue weighted by Crippen LogP contribution is 2.32. The van der Waals surface area contributed by atoms with Crippen LogP contribution in [0.3, 0.4) is 0 Å². The van der Waals surface area contributed by atoms with Crippen LogP contribution in [0.25, 0.3) is 0 Å². The van der Waals surface area contributed by atoms with Crippen molar-refractivity contribution in [3.8, 4) is 0 Å². The average Bonchev–Trinajstić information content (AvgIpc) is 2.79. The van der Waals surface area contributed by atoms with Gasteiger partial charge in [0.05, 0.1) is 0 Å². The molecule has 2 saturated heterocycles. The van der Waals surface area contributed by atoms with Crippen LogP contribution in [0.4, 0.5) is 4.39 Å². The Morgan fingerprint density at radius 2 is 2.05 bits per heavy atom.